The van der Waals surface area contributed by atoms with Gasteiger partial charge in [-0.1, -0.05) is 30.3 Å². The molecule has 5 heteroatoms. The van der Waals surface area contributed by atoms with Crippen molar-refractivity contribution < 1.29 is 9.53 Å². The summed E-state index contributed by atoms with van der Waals surface area (Å²) in [5.41, 5.74) is 1.21. The molecule has 0 atom stereocenters. The Morgan fingerprint density at radius 1 is 1.15 bits per heavy atom. The van der Waals surface area contributed by atoms with Gasteiger partial charge in [-0.05, 0) is 24.1 Å². The third-order valence-electron chi connectivity index (χ3n) is 3.13. The number of amides is 1. The van der Waals surface area contributed by atoms with Crippen LogP contribution in [0.2, 0.25) is 0 Å². The summed E-state index contributed by atoms with van der Waals surface area (Å²) in [6.07, 6.45) is 2.49. The number of hydrogen-bond donors (Lipinski definition) is 0. The summed E-state index contributed by atoms with van der Waals surface area (Å²) in [4.78, 5) is 17.9. The van der Waals surface area contributed by atoms with E-state index in [1.54, 1.807) is 11.1 Å². The first-order valence-corrected chi connectivity index (χ1v) is 6.27. The first-order valence-electron chi connectivity index (χ1n) is 6.27. The quantitative estimate of drug-likeness (QED) is 0.872. The molecule has 3 rings (SSSR count). The van der Waals surface area contributed by atoms with Gasteiger partial charge in [-0.15, -0.1) is 12.4 Å². The van der Waals surface area contributed by atoms with Crippen LogP contribution in [0.4, 0.5) is 5.82 Å². The number of carbonyl (C=O) groups is 1. The van der Waals surface area contributed by atoms with Gasteiger partial charge in [0.15, 0.2) is 18.2 Å². The molecule has 0 radical (unpaired) electrons. The number of aromatic nitrogens is 1. The first kappa shape index (κ1) is 14.3. The Bertz CT molecular complexity index is 589. The molecule has 0 saturated heterocycles. The fourth-order valence-electron chi connectivity index (χ4n) is 2.15. The zero-order valence-corrected chi connectivity index (χ0v) is 11.7. The SMILES string of the molecule is Cl.O=C1COc2cccnc2N1CCc1ccccc1. The molecule has 1 aliphatic heterocycles. The number of hydrogen-bond acceptors (Lipinski definition) is 3. The minimum absolute atomic E-state index is 0. The van der Waals surface area contributed by atoms with E-state index in [1.165, 1.54) is 5.56 Å². The smallest absolute Gasteiger partial charge is 0.266 e. The van der Waals surface area contributed by atoms with E-state index in [9.17, 15) is 4.79 Å². The lowest BCUT2D eigenvalue weighted by molar-refractivity contribution is -0.121. The van der Waals surface area contributed by atoms with Crippen molar-refractivity contribution in [1.82, 2.24) is 4.98 Å². The van der Waals surface area contributed by atoms with E-state index in [1.807, 2.05) is 30.3 Å². The van der Waals surface area contributed by atoms with Gasteiger partial charge in [-0.3, -0.25) is 9.69 Å². The van der Waals surface area contributed by atoms with Crippen LogP contribution in [0.5, 0.6) is 5.75 Å². The van der Waals surface area contributed by atoms with Crippen LogP contribution < -0.4 is 9.64 Å². The van der Waals surface area contributed by atoms with Gasteiger partial charge in [0, 0.05) is 12.7 Å². The maximum absolute atomic E-state index is 11.9. The van der Waals surface area contributed by atoms with Gasteiger partial charge in [0.25, 0.3) is 5.91 Å². The number of carbonyl (C=O) groups excluding carboxylic acids is 1. The van der Waals surface area contributed by atoms with E-state index in [0.717, 1.165) is 6.42 Å². The lowest BCUT2D eigenvalue weighted by atomic mass is 10.1. The molecule has 1 aromatic carbocycles. The monoisotopic (exact) mass is 290 g/mol. The maximum Gasteiger partial charge on any atom is 0.266 e. The lowest BCUT2D eigenvalue weighted by Gasteiger charge is -2.27. The van der Waals surface area contributed by atoms with Crippen molar-refractivity contribution in [2.75, 3.05) is 18.1 Å². The van der Waals surface area contributed by atoms with Crippen molar-refractivity contribution >= 4 is 24.1 Å². The minimum Gasteiger partial charge on any atom is -0.480 e. The lowest BCUT2D eigenvalue weighted by Crippen LogP contribution is -2.40. The number of fused-ring (bicyclic) bond motifs is 1. The van der Waals surface area contributed by atoms with Crippen LogP contribution in [-0.2, 0) is 11.2 Å². The third kappa shape index (κ3) is 2.91. The molecule has 4 nitrogen and oxygen atoms in total. The highest BCUT2D eigenvalue weighted by atomic mass is 35.5. The highest BCUT2D eigenvalue weighted by Crippen LogP contribution is 2.28. The number of anilines is 1. The second-order valence-electron chi connectivity index (χ2n) is 4.39. The number of pyridine rings is 1. The molecule has 0 spiro atoms. The largest absolute Gasteiger partial charge is 0.480 e. The predicted molar refractivity (Wildman–Crippen MR) is 79.5 cm³/mol. The Hall–Kier alpha value is -2.07. The molecule has 0 N–H and O–H groups in total. The molecular weight excluding hydrogens is 276 g/mol. The molecule has 0 bridgehead atoms. The molecule has 20 heavy (non-hydrogen) atoms. The van der Waals surface area contributed by atoms with Crippen molar-refractivity contribution in [2.45, 2.75) is 6.42 Å². The Labute approximate surface area is 123 Å². The summed E-state index contributed by atoms with van der Waals surface area (Å²) in [7, 11) is 0. The third-order valence-corrected chi connectivity index (χ3v) is 3.13. The van der Waals surface area contributed by atoms with Crippen LogP contribution in [0.3, 0.4) is 0 Å². The maximum atomic E-state index is 11.9. The van der Waals surface area contributed by atoms with Crippen LogP contribution in [0.25, 0.3) is 0 Å². The van der Waals surface area contributed by atoms with Crippen LogP contribution in [-0.4, -0.2) is 24.0 Å². The molecule has 0 fully saturated rings. The summed E-state index contributed by atoms with van der Waals surface area (Å²) in [5.74, 6) is 1.26. The molecule has 0 aliphatic carbocycles. The Morgan fingerprint density at radius 3 is 2.75 bits per heavy atom. The number of benzene rings is 1. The molecule has 2 heterocycles. The summed E-state index contributed by atoms with van der Waals surface area (Å²) in [6.45, 7) is 0.712. The number of nitrogens with zero attached hydrogens (tertiary/aromatic N) is 2. The van der Waals surface area contributed by atoms with E-state index in [4.69, 9.17) is 4.74 Å². The standard InChI is InChI=1S/C15H14N2O2.ClH/c18-14-11-19-13-7-4-9-16-15(13)17(14)10-8-12-5-2-1-3-6-12;/h1-7,9H,8,10-11H2;1H. The molecule has 1 aromatic heterocycles. The fourth-order valence-corrected chi connectivity index (χ4v) is 2.15. The average Bonchev–Trinajstić information content (AvgIpc) is 2.47. The molecule has 2 aromatic rings. The normalized spacial score (nSPS) is 13.2. The fraction of sp³-hybridized carbons (Fsp3) is 0.200. The molecule has 0 unspecified atom stereocenters. The predicted octanol–water partition coefficient (Wildman–Crippen LogP) is 2.47. The van der Waals surface area contributed by atoms with Crippen molar-refractivity contribution in [1.29, 1.82) is 0 Å². The molecule has 104 valence electrons. The van der Waals surface area contributed by atoms with Crippen molar-refractivity contribution in [2.24, 2.45) is 0 Å². The van der Waals surface area contributed by atoms with E-state index >= 15 is 0 Å². The Balaban J connectivity index is 0.00000147. The Morgan fingerprint density at radius 2 is 1.95 bits per heavy atom. The van der Waals surface area contributed by atoms with Gasteiger partial charge >= 0.3 is 0 Å². The van der Waals surface area contributed by atoms with Crippen molar-refractivity contribution in [3.05, 3.63) is 54.2 Å². The van der Waals surface area contributed by atoms with Crippen LogP contribution >= 0.6 is 12.4 Å². The van der Waals surface area contributed by atoms with Gasteiger partial charge < -0.3 is 4.74 Å². The van der Waals surface area contributed by atoms with Gasteiger partial charge in [0.2, 0.25) is 0 Å². The zero-order chi connectivity index (χ0) is 13.1. The van der Waals surface area contributed by atoms with Gasteiger partial charge in [0.05, 0.1) is 0 Å². The summed E-state index contributed by atoms with van der Waals surface area (Å²) in [5, 5.41) is 0. The zero-order valence-electron chi connectivity index (χ0n) is 10.9. The van der Waals surface area contributed by atoms with E-state index in [0.29, 0.717) is 18.1 Å². The van der Waals surface area contributed by atoms with Crippen LogP contribution in [0.1, 0.15) is 5.56 Å². The number of halogens is 1. The van der Waals surface area contributed by atoms with Gasteiger partial charge in [-0.2, -0.15) is 0 Å². The second-order valence-corrected chi connectivity index (χ2v) is 4.39. The molecule has 0 saturated carbocycles. The summed E-state index contributed by atoms with van der Waals surface area (Å²) < 4.78 is 5.36. The summed E-state index contributed by atoms with van der Waals surface area (Å²) in [6, 6.07) is 13.8. The Kier molecular flexibility index (Phi) is 4.58. The molecular formula is C15H15ClN2O2. The number of ether oxygens (including phenoxy) is 1. The van der Waals surface area contributed by atoms with Crippen molar-refractivity contribution in [3.63, 3.8) is 0 Å². The number of rotatable bonds is 3. The highest BCUT2D eigenvalue weighted by molar-refractivity contribution is 5.96. The first-order chi connectivity index (χ1) is 9.34. The summed E-state index contributed by atoms with van der Waals surface area (Å²) >= 11 is 0. The van der Waals surface area contributed by atoms with Crippen LogP contribution in [0.15, 0.2) is 48.7 Å². The van der Waals surface area contributed by atoms with Crippen molar-refractivity contribution in [3.8, 4) is 5.75 Å². The molecule has 1 aliphatic rings. The van der Waals surface area contributed by atoms with Gasteiger partial charge in [-0.25, -0.2) is 4.98 Å². The van der Waals surface area contributed by atoms with Gasteiger partial charge in [0.1, 0.15) is 0 Å². The molecule has 1 amide bonds. The average molecular weight is 291 g/mol. The van der Waals surface area contributed by atoms with E-state index < -0.39 is 0 Å². The highest BCUT2D eigenvalue weighted by Gasteiger charge is 2.25. The van der Waals surface area contributed by atoms with Crippen LogP contribution in [0, 0.1) is 0 Å². The second kappa shape index (κ2) is 6.39. The minimum atomic E-state index is -0.0397. The van der Waals surface area contributed by atoms with E-state index in [2.05, 4.69) is 17.1 Å². The topological polar surface area (TPSA) is 42.4 Å². The van der Waals surface area contributed by atoms with E-state index in [-0.39, 0.29) is 24.9 Å².